The van der Waals surface area contributed by atoms with E-state index < -0.39 is 4.92 Å². The number of nitro benzene ring substituents is 1. The Kier molecular flexibility index (Phi) is 6.98. The monoisotopic (exact) mass is 425 g/mol. The standard InChI is InChI=1S/C22H20ClN3O4/c1-2-3-4-15-5-7-16(8-6-15)22(27)25-24-14-18-10-12-21(30-18)19-11-9-17(26(28)29)13-20(19)23/h5-14H,2-4H2,1H3,(H,25,27)/b24-14+. The summed E-state index contributed by atoms with van der Waals surface area (Å²) in [5, 5.41) is 14.9. The van der Waals surface area contributed by atoms with Gasteiger partial charge >= 0.3 is 0 Å². The van der Waals surface area contributed by atoms with Crippen LogP contribution in [0.4, 0.5) is 5.69 Å². The van der Waals surface area contributed by atoms with Crippen LogP contribution in [-0.2, 0) is 6.42 Å². The number of non-ortho nitro benzene ring substituents is 1. The largest absolute Gasteiger partial charge is 0.455 e. The summed E-state index contributed by atoms with van der Waals surface area (Å²) in [6.45, 7) is 2.14. The van der Waals surface area contributed by atoms with Crippen molar-refractivity contribution in [2.75, 3.05) is 0 Å². The molecule has 1 amide bonds. The average Bonchev–Trinajstić information content (AvgIpc) is 3.21. The molecule has 154 valence electrons. The molecule has 0 saturated carbocycles. The van der Waals surface area contributed by atoms with Crippen LogP contribution in [0.15, 0.2) is 64.1 Å². The van der Waals surface area contributed by atoms with Crippen molar-refractivity contribution in [2.45, 2.75) is 26.2 Å². The molecule has 0 bridgehead atoms. The van der Waals surface area contributed by atoms with E-state index in [-0.39, 0.29) is 16.6 Å². The Morgan fingerprint density at radius 3 is 2.63 bits per heavy atom. The molecule has 3 aromatic rings. The number of rotatable bonds is 8. The quantitative estimate of drug-likeness (QED) is 0.288. The van der Waals surface area contributed by atoms with Crippen LogP contribution in [0.1, 0.15) is 41.4 Å². The number of amides is 1. The zero-order chi connectivity index (χ0) is 21.5. The third-order valence-corrected chi connectivity index (χ3v) is 4.76. The molecule has 1 aromatic heterocycles. The molecule has 0 unspecified atom stereocenters. The van der Waals surface area contributed by atoms with Gasteiger partial charge in [-0.3, -0.25) is 14.9 Å². The molecule has 2 aromatic carbocycles. The van der Waals surface area contributed by atoms with E-state index in [0.717, 1.165) is 19.3 Å². The zero-order valence-electron chi connectivity index (χ0n) is 16.3. The summed E-state index contributed by atoms with van der Waals surface area (Å²) in [6.07, 6.45) is 4.61. The van der Waals surface area contributed by atoms with Gasteiger partial charge in [0.2, 0.25) is 0 Å². The van der Waals surface area contributed by atoms with E-state index >= 15 is 0 Å². The molecular formula is C22H20ClN3O4. The second kappa shape index (κ2) is 9.84. The minimum absolute atomic E-state index is 0.0989. The van der Waals surface area contributed by atoms with E-state index in [1.807, 2.05) is 12.1 Å². The van der Waals surface area contributed by atoms with Gasteiger partial charge < -0.3 is 4.42 Å². The third kappa shape index (κ3) is 5.33. The van der Waals surface area contributed by atoms with E-state index in [1.165, 1.54) is 30.0 Å². The number of nitrogens with zero attached hydrogens (tertiary/aromatic N) is 2. The molecule has 0 saturated heterocycles. The van der Waals surface area contributed by atoms with E-state index in [2.05, 4.69) is 17.5 Å². The summed E-state index contributed by atoms with van der Waals surface area (Å²) in [6, 6.07) is 14.9. The normalized spacial score (nSPS) is 11.0. The zero-order valence-corrected chi connectivity index (χ0v) is 17.1. The van der Waals surface area contributed by atoms with Crippen LogP contribution in [0.2, 0.25) is 5.02 Å². The molecule has 0 spiro atoms. The average molecular weight is 426 g/mol. The Hall–Kier alpha value is -3.45. The number of halogens is 1. The molecule has 1 N–H and O–H groups in total. The molecule has 0 aliphatic carbocycles. The minimum Gasteiger partial charge on any atom is -0.455 e. The van der Waals surface area contributed by atoms with Gasteiger partial charge in [-0.25, -0.2) is 5.43 Å². The van der Waals surface area contributed by atoms with Crippen LogP contribution >= 0.6 is 11.6 Å². The van der Waals surface area contributed by atoms with Crippen molar-refractivity contribution < 1.29 is 14.1 Å². The van der Waals surface area contributed by atoms with Crippen molar-refractivity contribution in [2.24, 2.45) is 5.10 Å². The molecule has 8 heteroatoms. The van der Waals surface area contributed by atoms with E-state index in [0.29, 0.717) is 22.6 Å². The van der Waals surface area contributed by atoms with E-state index in [1.54, 1.807) is 24.3 Å². The fourth-order valence-corrected chi connectivity index (χ4v) is 3.08. The van der Waals surface area contributed by atoms with Crippen molar-refractivity contribution in [1.29, 1.82) is 0 Å². The number of hydrogen-bond donors (Lipinski definition) is 1. The van der Waals surface area contributed by atoms with Crippen LogP contribution in [0.25, 0.3) is 11.3 Å². The maximum absolute atomic E-state index is 12.2. The van der Waals surface area contributed by atoms with Gasteiger partial charge in [0.1, 0.15) is 11.5 Å². The predicted molar refractivity (Wildman–Crippen MR) is 116 cm³/mol. The third-order valence-electron chi connectivity index (χ3n) is 4.45. The van der Waals surface area contributed by atoms with Crippen LogP contribution in [0, 0.1) is 10.1 Å². The molecule has 7 nitrogen and oxygen atoms in total. The number of furan rings is 1. The molecular weight excluding hydrogens is 406 g/mol. The van der Waals surface area contributed by atoms with Crippen LogP contribution in [-0.4, -0.2) is 17.0 Å². The number of benzene rings is 2. The van der Waals surface area contributed by atoms with E-state index in [9.17, 15) is 14.9 Å². The van der Waals surface area contributed by atoms with Crippen molar-refractivity contribution in [1.82, 2.24) is 5.43 Å². The number of carbonyl (C=O) groups excluding carboxylic acids is 1. The first-order valence-electron chi connectivity index (χ1n) is 9.44. The fourth-order valence-electron chi connectivity index (χ4n) is 2.81. The van der Waals surface area contributed by atoms with Crippen molar-refractivity contribution in [3.63, 3.8) is 0 Å². The number of nitro groups is 1. The lowest BCUT2D eigenvalue weighted by Crippen LogP contribution is -2.17. The van der Waals surface area contributed by atoms with Gasteiger partial charge in [0.05, 0.1) is 16.2 Å². The van der Waals surface area contributed by atoms with Crippen LogP contribution in [0.3, 0.4) is 0 Å². The summed E-state index contributed by atoms with van der Waals surface area (Å²) < 4.78 is 5.64. The lowest BCUT2D eigenvalue weighted by molar-refractivity contribution is -0.384. The topological polar surface area (TPSA) is 97.7 Å². The molecule has 0 aliphatic rings. The number of hydrazone groups is 1. The number of carbonyl (C=O) groups is 1. The summed E-state index contributed by atoms with van der Waals surface area (Å²) in [5.74, 6) is 0.512. The lowest BCUT2D eigenvalue weighted by Gasteiger charge is -2.02. The highest BCUT2D eigenvalue weighted by molar-refractivity contribution is 6.33. The molecule has 0 aliphatic heterocycles. The molecule has 0 atom stereocenters. The summed E-state index contributed by atoms with van der Waals surface area (Å²) in [7, 11) is 0. The summed E-state index contributed by atoms with van der Waals surface area (Å²) in [5.41, 5.74) is 4.60. The van der Waals surface area contributed by atoms with Crippen molar-refractivity contribution in [3.8, 4) is 11.3 Å². The maximum atomic E-state index is 12.2. The Balaban J connectivity index is 1.62. The highest BCUT2D eigenvalue weighted by atomic mass is 35.5. The van der Waals surface area contributed by atoms with Crippen molar-refractivity contribution >= 4 is 29.4 Å². The predicted octanol–water partition coefficient (Wildman–Crippen LogP) is 5.61. The first-order valence-corrected chi connectivity index (χ1v) is 9.82. The molecule has 1 heterocycles. The highest BCUT2D eigenvalue weighted by Crippen LogP contribution is 2.32. The molecule has 0 fully saturated rings. The minimum atomic E-state index is -0.517. The van der Waals surface area contributed by atoms with Gasteiger partial charge in [0, 0.05) is 23.3 Å². The van der Waals surface area contributed by atoms with Gasteiger partial charge in [-0.15, -0.1) is 0 Å². The SMILES string of the molecule is CCCCc1ccc(C(=O)N/N=C/c2ccc(-c3ccc([N+](=O)[O-])cc3Cl)o2)cc1. The van der Waals surface area contributed by atoms with Crippen LogP contribution < -0.4 is 5.43 Å². The maximum Gasteiger partial charge on any atom is 0.271 e. The summed E-state index contributed by atoms with van der Waals surface area (Å²) >= 11 is 6.11. The van der Waals surface area contributed by atoms with Gasteiger partial charge in [-0.1, -0.05) is 37.1 Å². The van der Waals surface area contributed by atoms with Gasteiger partial charge in [0.25, 0.3) is 11.6 Å². The Labute approximate surface area is 178 Å². The second-order valence-corrected chi connectivity index (χ2v) is 7.03. The molecule has 0 radical (unpaired) electrons. The highest BCUT2D eigenvalue weighted by Gasteiger charge is 2.13. The number of nitrogens with one attached hydrogen (secondary N) is 1. The molecule has 30 heavy (non-hydrogen) atoms. The Morgan fingerprint density at radius 2 is 1.97 bits per heavy atom. The van der Waals surface area contributed by atoms with Crippen molar-refractivity contribution in [3.05, 3.63) is 86.6 Å². The summed E-state index contributed by atoms with van der Waals surface area (Å²) in [4.78, 5) is 22.5. The fraction of sp³-hybridized carbons (Fsp3) is 0.182. The Morgan fingerprint density at radius 1 is 1.20 bits per heavy atom. The van der Waals surface area contributed by atoms with E-state index in [4.69, 9.17) is 16.0 Å². The number of unbranched alkanes of at least 4 members (excludes halogenated alkanes) is 1. The smallest absolute Gasteiger partial charge is 0.271 e. The first-order chi connectivity index (χ1) is 14.5. The van der Waals surface area contributed by atoms with Gasteiger partial charge in [-0.2, -0.15) is 5.10 Å². The van der Waals surface area contributed by atoms with Gasteiger partial charge in [0.15, 0.2) is 0 Å². The molecule has 3 rings (SSSR count). The number of aryl methyl sites for hydroxylation is 1. The first kappa shape index (κ1) is 21.3. The Bertz CT molecular complexity index is 1070. The second-order valence-electron chi connectivity index (χ2n) is 6.62. The number of hydrogen-bond acceptors (Lipinski definition) is 5. The lowest BCUT2D eigenvalue weighted by atomic mass is 10.1. The van der Waals surface area contributed by atoms with Crippen LogP contribution in [0.5, 0.6) is 0 Å². The van der Waals surface area contributed by atoms with Gasteiger partial charge in [-0.05, 0) is 48.7 Å².